The van der Waals surface area contributed by atoms with E-state index in [4.69, 9.17) is 0 Å². The predicted octanol–water partition coefficient (Wildman–Crippen LogP) is 1.40. The number of aromatic amines is 1. The molecule has 0 bridgehead atoms. The summed E-state index contributed by atoms with van der Waals surface area (Å²) in [4.78, 5) is 15.8. The van der Waals surface area contributed by atoms with Gasteiger partial charge < -0.3 is 4.98 Å². The van der Waals surface area contributed by atoms with E-state index < -0.39 is 10.0 Å². The quantitative estimate of drug-likeness (QED) is 0.896. The Kier molecular flexibility index (Phi) is 3.49. The summed E-state index contributed by atoms with van der Waals surface area (Å²) in [6.45, 7) is 0.291. The lowest BCUT2D eigenvalue weighted by Gasteiger charge is -2.05. The molecule has 7 heteroatoms. The van der Waals surface area contributed by atoms with Crippen molar-refractivity contribution in [3.8, 4) is 0 Å². The molecule has 0 saturated heterocycles. The average Bonchev–Trinajstić information content (AvgIpc) is 2.97. The van der Waals surface area contributed by atoms with Crippen LogP contribution in [0.25, 0.3) is 0 Å². The number of rotatable bonds is 4. The molecule has 0 radical (unpaired) electrons. The number of aryl methyl sites for hydroxylation is 2. The summed E-state index contributed by atoms with van der Waals surface area (Å²) < 4.78 is 26.7. The number of hydrogen-bond acceptors (Lipinski definition) is 4. The van der Waals surface area contributed by atoms with Gasteiger partial charge in [0.2, 0.25) is 15.6 Å². The van der Waals surface area contributed by atoms with Gasteiger partial charge in [0, 0.05) is 28.6 Å². The van der Waals surface area contributed by atoms with Crippen LogP contribution in [0.5, 0.6) is 0 Å². The van der Waals surface area contributed by atoms with Crippen LogP contribution in [-0.4, -0.2) is 13.4 Å². The molecule has 1 aliphatic rings. The molecule has 0 aromatic carbocycles. The third kappa shape index (κ3) is 2.70. The molecule has 2 aromatic rings. The van der Waals surface area contributed by atoms with Gasteiger partial charge in [-0.15, -0.1) is 11.3 Å². The molecule has 0 fully saturated rings. The zero-order valence-electron chi connectivity index (χ0n) is 10.7. The van der Waals surface area contributed by atoms with Gasteiger partial charge in [-0.25, -0.2) is 13.1 Å². The third-order valence-corrected chi connectivity index (χ3v) is 5.94. The Bertz CT molecular complexity index is 748. The van der Waals surface area contributed by atoms with Gasteiger partial charge in [-0.1, -0.05) is 0 Å². The van der Waals surface area contributed by atoms with Crippen molar-refractivity contribution in [3.05, 3.63) is 50.1 Å². The van der Waals surface area contributed by atoms with Crippen LogP contribution < -0.4 is 10.3 Å². The van der Waals surface area contributed by atoms with Gasteiger partial charge in [0.1, 0.15) is 0 Å². The normalized spacial score (nSPS) is 14.4. The molecule has 0 saturated carbocycles. The van der Waals surface area contributed by atoms with Gasteiger partial charge in [-0.2, -0.15) is 0 Å². The Hall–Kier alpha value is -1.44. The second kappa shape index (κ2) is 5.16. The standard InChI is InChI=1S/C13H14N2O3S2/c16-13-5-4-11(8-14-13)20(17,18)15-7-10-6-9-2-1-3-12(9)19-10/h4-6,8,15H,1-3,7H2,(H,14,16). The van der Waals surface area contributed by atoms with Crippen LogP contribution in [0.2, 0.25) is 0 Å². The van der Waals surface area contributed by atoms with Crippen molar-refractivity contribution in [3.63, 3.8) is 0 Å². The highest BCUT2D eigenvalue weighted by Crippen LogP contribution is 2.30. The topological polar surface area (TPSA) is 79.0 Å². The first-order chi connectivity index (χ1) is 9.54. The molecule has 0 amide bonds. The largest absolute Gasteiger partial charge is 0.328 e. The van der Waals surface area contributed by atoms with E-state index in [0.29, 0.717) is 6.54 Å². The van der Waals surface area contributed by atoms with Crippen LogP contribution in [0.1, 0.15) is 21.7 Å². The minimum atomic E-state index is -3.58. The summed E-state index contributed by atoms with van der Waals surface area (Å²) in [5, 5.41) is 0. The Morgan fingerprint density at radius 3 is 2.85 bits per heavy atom. The molecular formula is C13H14N2O3S2. The second-order valence-corrected chi connectivity index (χ2v) is 7.72. The Balaban J connectivity index is 1.73. The van der Waals surface area contributed by atoms with Crippen molar-refractivity contribution in [1.82, 2.24) is 9.71 Å². The number of nitrogens with one attached hydrogen (secondary N) is 2. The molecular weight excluding hydrogens is 296 g/mol. The number of aromatic nitrogens is 1. The van der Waals surface area contributed by atoms with Gasteiger partial charge in [0.05, 0.1) is 4.90 Å². The van der Waals surface area contributed by atoms with Gasteiger partial charge in [0.25, 0.3) is 0 Å². The molecule has 0 spiro atoms. The zero-order valence-corrected chi connectivity index (χ0v) is 12.3. The number of hydrogen-bond donors (Lipinski definition) is 2. The van der Waals surface area contributed by atoms with E-state index in [1.165, 1.54) is 35.2 Å². The summed E-state index contributed by atoms with van der Waals surface area (Å²) in [5.74, 6) is 0. The molecule has 0 unspecified atom stereocenters. The van der Waals surface area contributed by atoms with E-state index in [-0.39, 0.29) is 10.5 Å². The van der Waals surface area contributed by atoms with Crippen LogP contribution in [0.4, 0.5) is 0 Å². The molecule has 106 valence electrons. The molecule has 1 aliphatic carbocycles. The van der Waals surface area contributed by atoms with Gasteiger partial charge in [-0.3, -0.25) is 4.79 Å². The maximum Gasteiger partial charge on any atom is 0.247 e. The summed E-state index contributed by atoms with van der Waals surface area (Å²) in [7, 11) is -3.58. The van der Waals surface area contributed by atoms with Crippen LogP contribution >= 0.6 is 11.3 Å². The number of thiophene rings is 1. The molecule has 3 rings (SSSR count). The monoisotopic (exact) mass is 310 g/mol. The van der Waals surface area contributed by atoms with Crippen LogP contribution in [0.3, 0.4) is 0 Å². The lowest BCUT2D eigenvalue weighted by Crippen LogP contribution is -2.23. The molecule has 0 atom stereocenters. The SMILES string of the molecule is O=c1ccc(S(=O)(=O)NCc2cc3c(s2)CCC3)c[nH]1. The fraction of sp³-hybridized carbons (Fsp3) is 0.308. The number of H-pyrrole nitrogens is 1. The molecule has 5 nitrogen and oxygen atoms in total. The van der Waals surface area contributed by atoms with E-state index in [0.717, 1.165) is 17.7 Å². The van der Waals surface area contributed by atoms with E-state index >= 15 is 0 Å². The average molecular weight is 310 g/mol. The van der Waals surface area contributed by atoms with Crippen molar-refractivity contribution in [2.75, 3.05) is 0 Å². The lowest BCUT2D eigenvalue weighted by atomic mass is 10.2. The van der Waals surface area contributed by atoms with Gasteiger partial charge >= 0.3 is 0 Å². The van der Waals surface area contributed by atoms with Crippen molar-refractivity contribution >= 4 is 21.4 Å². The highest BCUT2D eigenvalue weighted by Gasteiger charge is 2.17. The highest BCUT2D eigenvalue weighted by atomic mass is 32.2. The molecule has 2 heterocycles. The first kappa shape index (κ1) is 13.5. The maximum absolute atomic E-state index is 12.1. The first-order valence-electron chi connectivity index (χ1n) is 6.33. The molecule has 20 heavy (non-hydrogen) atoms. The van der Waals surface area contributed by atoms with Crippen molar-refractivity contribution < 1.29 is 8.42 Å². The Labute approximate surface area is 120 Å². The van der Waals surface area contributed by atoms with Crippen molar-refractivity contribution in [1.29, 1.82) is 0 Å². The fourth-order valence-electron chi connectivity index (χ4n) is 2.29. The summed E-state index contributed by atoms with van der Waals surface area (Å²) in [6, 6.07) is 4.59. The Morgan fingerprint density at radius 2 is 2.15 bits per heavy atom. The maximum atomic E-state index is 12.1. The predicted molar refractivity (Wildman–Crippen MR) is 77.4 cm³/mol. The van der Waals surface area contributed by atoms with E-state index in [2.05, 4.69) is 15.8 Å². The molecule has 0 aliphatic heterocycles. The smallest absolute Gasteiger partial charge is 0.247 e. The molecule has 2 N–H and O–H groups in total. The van der Waals surface area contributed by atoms with Crippen molar-refractivity contribution in [2.24, 2.45) is 0 Å². The van der Waals surface area contributed by atoms with E-state index in [1.54, 1.807) is 11.3 Å². The van der Waals surface area contributed by atoms with Crippen LogP contribution in [0, 0.1) is 0 Å². The first-order valence-corrected chi connectivity index (χ1v) is 8.63. The number of sulfonamides is 1. The third-order valence-electron chi connectivity index (χ3n) is 3.30. The lowest BCUT2D eigenvalue weighted by molar-refractivity contribution is 0.581. The summed E-state index contributed by atoms with van der Waals surface area (Å²) in [6.07, 6.45) is 4.61. The number of fused-ring (bicyclic) bond motifs is 1. The van der Waals surface area contributed by atoms with Crippen molar-refractivity contribution in [2.45, 2.75) is 30.7 Å². The van der Waals surface area contributed by atoms with E-state index in [1.807, 2.05) is 0 Å². The van der Waals surface area contributed by atoms with Gasteiger partial charge in [0.15, 0.2) is 0 Å². The van der Waals surface area contributed by atoms with Crippen LogP contribution in [0.15, 0.2) is 34.1 Å². The zero-order chi connectivity index (χ0) is 14.2. The number of pyridine rings is 1. The van der Waals surface area contributed by atoms with Crippen LogP contribution in [-0.2, 0) is 29.4 Å². The summed E-state index contributed by atoms with van der Waals surface area (Å²) >= 11 is 1.68. The Morgan fingerprint density at radius 1 is 1.30 bits per heavy atom. The molecule has 2 aromatic heterocycles. The van der Waals surface area contributed by atoms with Gasteiger partial charge in [-0.05, 0) is 37.0 Å². The minimum Gasteiger partial charge on any atom is -0.328 e. The minimum absolute atomic E-state index is 0.0706. The fourth-order valence-corrected chi connectivity index (χ4v) is 4.56. The highest BCUT2D eigenvalue weighted by molar-refractivity contribution is 7.89. The van der Waals surface area contributed by atoms with E-state index in [9.17, 15) is 13.2 Å². The summed E-state index contributed by atoms with van der Waals surface area (Å²) in [5.41, 5.74) is 1.03. The second-order valence-electron chi connectivity index (χ2n) is 4.73.